The Labute approximate surface area is 166 Å². The van der Waals surface area contributed by atoms with Gasteiger partial charge in [-0.15, -0.1) is 0 Å². The summed E-state index contributed by atoms with van der Waals surface area (Å²) in [6.45, 7) is 10.6. The molecule has 0 aromatic heterocycles. The molecule has 0 spiro atoms. The van der Waals surface area contributed by atoms with Crippen molar-refractivity contribution in [1.82, 2.24) is 0 Å². The molecule has 0 aliphatic carbocycles. The molecule has 0 amide bonds. The molecule has 26 heavy (non-hydrogen) atoms. The molecule has 1 heteroatoms. The number of quaternary nitrogens is 1. The van der Waals surface area contributed by atoms with Crippen molar-refractivity contribution in [2.75, 3.05) is 26.2 Å². The lowest BCUT2D eigenvalue weighted by Crippen LogP contribution is -2.52. The third-order valence-electron chi connectivity index (χ3n) is 6.74. The highest BCUT2D eigenvalue weighted by atomic mass is 15.3. The number of likely N-dealkylation sites (tertiary alicyclic amines) is 1. The summed E-state index contributed by atoms with van der Waals surface area (Å²) in [7, 11) is 0. The van der Waals surface area contributed by atoms with Gasteiger partial charge in [0.2, 0.25) is 0 Å². The zero-order valence-electron chi connectivity index (χ0n) is 18.7. The third kappa shape index (κ3) is 12.4. The monoisotopic (exact) mass is 366 g/mol. The van der Waals surface area contributed by atoms with Crippen molar-refractivity contribution in [3.63, 3.8) is 0 Å². The number of rotatable bonds is 18. The number of hydrogen-bond donors (Lipinski definition) is 0. The van der Waals surface area contributed by atoms with Crippen LogP contribution in [-0.4, -0.2) is 30.7 Å². The molecule has 1 heterocycles. The van der Waals surface area contributed by atoms with Gasteiger partial charge < -0.3 is 4.48 Å². The molecule has 1 aliphatic heterocycles. The Morgan fingerprint density at radius 1 is 0.423 bits per heavy atom. The molecule has 1 saturated heterocycles. The first-order chi connectivity index (χ1) is 12.8. The molecule has 0 bridgehead atoms. The molecule has 1 aliphatic rings. The van der Waals surface area contributed by atoms with Gasteiger partial charge in [-0.3, -0.25) is 0 Å². The SMILES string of the molecule is CCCCCCCCCCCC[N+]1(CCCCCCCC)CCCCC1. The van der Waals surface area contributed by atoms with Crippen LogP contribution in [0.2, 0.25) is 0 Å². The van der Waals surface area contributed by atoms with Gasteiger partial charge in [0, 0.05) is 0 Å². The second-order valence-corrected chi connectivity index (χ2v) is 9.25. The topological polar surface area (TPSA) is 0 Å². The second-order valence-electron chi connectivity index (χ2n) is 9.25. The summed E-state index contributed by atoms with van der Waals surface area (Å²) in [5, 5.41) is 0. The summed E-state index contributed by atoms with van der Waals surface area (Å²) in [5.74, 6) is 0. The van der Waals surface area contributed by atoms with Crippen molar-refractivity contribution in [2.45, 2.75) is 136 Å². The Bertz CT molecular complexity index is 280. The van der Waals surface area contributed by atoms with E-state index >= 15 is 0 Å². The molecule has 0 atom stereocenters. The first-order valence-corrected chi connectivity index (χ1v) is 12.7. The number of hydrogen-bond acceptors (Lipinski definition) is 0. The van der Waals surface area contributed by atoms with Gasteiger partial charge in [0.1, 0.15) is 0 Å². The van der Waals surface area contributed by atoms with Crippen LogP contribution in [0.25, 0.3) is 0 Å². The van der Waals surface area contributed by atoms with Gasteiger partial charge in [0.25, 0.3) is 0 Å². The Kier molecular flexibility index (Phi) is 15.8. The normalized spacial score (nSPS) is 16.8. The highest BCUT2D eigenvalue weighted by molar-refractivity contribution is 4.57. The maximum atomic E-state index is 2.32. The maximum Gasteiger partial charge on any atom is 0.0786 e. The predicted octanol–water partition coefficient (Wildman–Crippen LogP) is 8.27. The highest BCUT2D eigenvalue weighted by Gasteiger charge is 2.28. The van der Waals surface area contributed by atoms with E-state index in [1.165, 1.54) is 153 Å². The van der Waals surface area contributed by atoms with Gasteiger partial charge in [-0.2, -0.15) is 0 Å². The van der Waals surface area contributed by atoms with Crippen molar-refractivity contribution < 1.29 is 4.48 Å². The van der Waals surface area contributed by atoms with Gasteiger partial charge >= 0.3 is 0 Å². The number of unbranched alkanes of at least 4 members (excludes halogenated alkanes) is 14. The molecule has 0 radical (unpaired) electrons. The minimum Gasteiger partial charge on any atom is -0.324 e. The highest BCUT2D eigenvalue weighted by Crippen LogP contribution is 2.22. The number of nitrogens with zero attached hydrogens (tertiary/aromatic N) is 1. The van der Waals surface area contributed by atoms with E-state index in [-0.39, 0.29) is 0 Å². The van der Waals surface area contributed by atoms with Gasteiger partial charge in [0.15, 0.2) is 0 Å². The second kappa shape index (κ2) is 17.1. The van der Waals surface area contributed by atoms with Crippen molar-refractivity contribution in [1.29, 1.82) is 0 Å². The molecule has 0 aromatic carbocycles. The molecule has 0 aromatic rings. The maximum absolute atomic E-state index is 2.32. The molecule has 0 N–H and O–H groups in total. The van der Waals surface area contributed by atoms with Crippen LogP contribution >= 0.6 is 0 Å². The zero-order valence-corrected chi connectivity index (χ0v) is 18.7. The van der Waals surface area contributed by atoms with Crippen LogP contribution < -0.4 is 0 Å². The van der Waals surface area contributed by atoms with E-state index in [0.29, 0.717) is 0 Å². The van der Waals surface area contributed by atoms with Gasteiger partial charge in [-0.1, -0.05) is 90.9 Å². The fourth-order valence-corrected chi connectivity index (χ4v) is 4.90. The first kappa shape index (κ1) is 24.0. The third-order valence-corrected chi connectivity index (χ3v) is 6.74. The quantitative estimate of drug-likeness (QED) is 0.169. The molecule has 1 rings (SSSR count). The Morgan fingerprint density at radius 3 is 1.15 bits per heavy atom. The molecule has 156 valence electrons. The lowest BCUT2D eigenvalue weighted by Gasteiger charge is -2.42. The van der Waals surface area contributed by atoms with E-state index in [1.54, 1.807) is 0 Å². The van der Waals surface area contributed by atoms with E-state index < -0.39 is 0 Å². The number of piperidine rings is 1. The fraction of sp³-hybridized carbons (Fsp3) is 1.00. The summed E-state index contributed by atoms with van der Waals surface area (Å²) in [6.07, 6.45) is 27.9. The lowest BCUT2D eigenvalue weighted by atomic mass is 10.0. The van der Waals surface area contributed by atoms with Gasteiger partial charge in [-0.05, 0) is 44.9 Å². The van der Waals surface area contributed by atoms with Gasteiger partial charge in [-0.25, -0.2) is 0 Å². The lowest BCUT2D eigenvalue weighted by molar-refractivity contribution is -0.932. The molecule has 0 saturated carbocycles. The fourth-order valence-electron chi connectivity index (χ4n) is 4.90. The van der Waals surface area contributed by atoms with Crippen LogP contribution in [0.15, 0.2) is 0 Å². The summed E-state index contributed by atoms with van der Waals surface area (Å²) in [5.41, 5.74) is 0. The Hall–Kier alpha value is -0.0400. The van der Waals surface area contributed by atoms with Crippen LogP contribution in [0.1, 0.15) is 136 Å². The minimum atomic E-state index is 1.37. The van der Waals surface area contributed by atoms with E-state index in [0.717, 1.165) is 0 Å². The average molecular weight is 367 g/mol. The summed E-state index contributed by atoms with van der Waals surface area (Å²) in [4.78, 5) is 0. The van der Waals surface area contributed by atoms with E-state index in [1.807, 2.05) is 0 Å². The van der Waals surface area contributed by atoms with Crippen LogP contribution in [0.4, 0.5) is 0 Å². The Morgan fingerprint density at radius 2 is 0.769 bits per heavy atom. The molecular formula is C25H52N+. The minimum absolute atomic E-state index is 1.37. The van der Waals surface area contributed by atoms with E-state index in [4.69, 9.17) is 0 Å². The van der Waals surface area contributed by atoms with Crippen molar-refractivity contribution >= 4 is 0 Å². The molecule has 1 fully saturated rings. The summed E-state index contributed by atoms with van der Waals surface area (Å²) < 4.78 is 1.49. The molecule has 1 nitrogen and oxygen atoms in total. The molecular weight excluding hydrogens is 314 g/mol. The van der Waals surface area contributed by atoms with Crippen LogP contribution in [0.3, 0.4) is 0 Å². The predicted molar refractivity (Wildman–Crippen MR) is 119 cm³/mol. The van der Waals surface area contributed by atoms with E-state index in [9.17, 15) is 0 Å². The van der Waals surface area contributed by atoms with Gasteiger partial charge in [0.05, 0.1) is 26.2 Å². The smallest absolute Gasteiger partial charge is 0.0786 e. The molecule has 0 unspecified atom stereocenters. The largest absolute Gasteiger partial charge is 0.324 e. The van der Waals surface area contributed by atoms with Crippen molar-refractivity contribution in [3.05, 3.63) is 0 Å². The van der Waals surface area contributed by atoms with Crippen LogP contribution in [0, 0.1) is 0 Å². The van der Waals surface area contributed by atoms with Crippen molar-refractivity contribution in [2.24, 2.45) is 0 Å². The van der Waals surface area contributed by atoms with Crippen LogP contribution in [-0.2, 0) is 0 Å². The van der Waals surface area contributed by atoms with Crippen molar-refractivity contribution in [3.8, 4) is 0 Å². The average Bonchev–Trinajstić information content (AvgIpc) is 2.67. The first-order valence-electron chi connectivity index (χ1n) is 12.7. The summed E-state index contributed by atoms with van der Waals surface area (Å²) in [6, 6.07) is 0. The van der Waals surface area contributed by atoms with E-state index in [2.05, 4.69) is 13.8 Å². The zero-order chi connectivity index (χ0) is 18.8. The van der Waals surface area contributed by atoms with Crippen LogP contribution in [0.5, 0.6) is 0 Å². The standard InChI is InChI=1S/C25H52N/c1-3-5-7-9-11-12-13-14-16-19-23-26(24-20-17-21-25-26)22-18-15-10-8-6-4-2/h3-25H2,1-2H3/q+1. The summed E-state index contributed by atoms with van der Waals surface area (Å²) >= 11 is 0. The Balaban J connectivity index is 2.06.